The van der Waals surface area contributed by atoms with Crippen molar-refractivity contribution >= 4 is 11.3 Å². The van der Waals surface area contributed by atoms with Crippen LogP contribution in [0.25, 0.3) is 0 Å². The molecule has 1 unspecified atom stereocenters. The zero-order valence-corrected chi connectivity index (χ0v) is 13.7. The minimum absolute atomic E-state index is 0.196. The second-order valence-corrected chi connectivity index (χ2v) is 5.94. The van der Waals surface area contributed by atoms with Gasteiger partial charge in [0.2, 0.25) is 0 Å². The number of aryl methyl sites for hydroxylation is 3. The first-order chi connectivity index (χ1) is 9.58. The van der Waals surface area contributed by atoms with E-state index in [1.807, 2.05) is 0 Å². The first-order valence-corrected chi connectivity index (χ1v) is 7.94. The highest BCUT2D eigenvalue weighted by atomic mass is 32.1. The van der Waals surface area contributed by atoms with Crippen molar-refractivity contribution in [2.75, 3.05) is 13.7 Å². The minimum Gasteiger partial charge on any atom is -0.496 e. The normalized spacial score (nSPS) is 12.4. The molecule has 108 valence electrons. The Hall–Kier alpha value is -1.32. The van der Waals surface area contributed by atoms with Crippen LogP contribution >= 0.6 is 11.3 Å². The summed E-state index contributed by atoms with van der Waals surface area (Å²) in [6.07, 6.45) is 0. The van der Waals surface area contributed by atoms with Gasteiger partial charge in [-0.25, -0.2) is 0 Å². The fourth-order valence-electron chi connectivity index (χ4n) is 2.72. The highest BCUT2D eigenvalue weighted by Crippen LogP contribution is 2.36. The predicted octanol–water partition coefficient (Wildman–Crippen LogP) is 4.38. The lowest BCUT2D eigenvalue weighted by Crippen LogP contribution is -2.23. The van der Waals surface area contributed by atoms with E-state index in [1.165, 1.54) is 27.8 Å². The topological polar surface area (TPSA) is 21.3 Å². The molecule has 0 saturated carbocycles. The summed E-state index contributed by atoms with van der Waals surface area (Å²) in [5.41, 5.74) is 6.45. The number of hydrogen-bond donors (Lipinski definition) is 1. The van der Waals surface area contributed by atoms with Gasteiger partial charge in [-0.05, 0) is 66.4 Å². The quantitative estimate of drug-likeness (QED) is 0.882. The summed E-state index contributed by atoms with van der Waals surface area (Å²) < 4.78 is 5.64. The zero-order valence-electron chi connectivity index (χ0n) is 12.9. The van der Waals surface area contributed by atoms with Gasteiger partial charge in [0.15, 0.2) is 0 Å². The number of nitrogens with one attached hydrogen (secondary N) is 1. The predicted molar refractivity (Wildman–Crippen MR) is 87.0 cm³/mol. The van der Waals surface area contributed by atoms with E-state index in [4.69, 9.17) is 4.74 Å². The number of thiophene rings is 1. The summed E-state index contributed by atoms with van der Waals surface area (Å²) in [6, 6.07) is 4.54. The Balaban J connectivity index is 2.58. The summed E-state index contributed by atoms with van der Waals surface area (Å²) in [7, 11) is 1.75. The van der Waals surface area contributed by atoms with Crippen molar-refractivity contribution in [2.24, 2.45) is 0 Å². The Bertz CT molecular complexity index is 589. The molecule has 0 amide bonds. The maximum atomic E-state index is 5.64. The zero-order chi connectivity index (χ0) is 14.7. The summed E-state index contributed by atoms with van der Waals surface area (Å²) >= 11 is 1.76. The Kier molecular flexibility index (Phi) is 4.84. The molecule has 20 heavy (non-hydrogen) atoms. The molecule has 0 radical (unpaired) electrons. The van der Waals surface area contributed by atoms with Crippen LogP contribution in [0, 0.1) is 20.8 Å². The molecule has 0 spiro atoms. The van der Waals surface area contributed by atoms with Crippen molar-refractivity contribution < 1.29 is 4.74 Å². The average molecular weight is 289 g/mol. The van der Waals surface area contributed by atoms with Crippen molar-refractivity contribution in [1.82, 2.24) is 5.32 Å². The van der Waals surface area contributed by atoms with E-state index in [0.717, 1.165) is 12.3 Å². The van der Waals surface area contributed by atoms with Crippen LogP contribution in [0.3, 0.4) is 0 Å². The highest BCUT2D eigenvalue weighted by molar-refractivity contribution is 7.08. The number of benzene rings is 1. The number of rotatable bonds is 5. The molecule has 0 aliphatic carbocycles. The molecule has 1 heterocycles. The van der Waals surface area contributed by atoms with Crippen LogP contribution in [0.1, 0.15) is 40.8 Å². The van der Waals surface area contributed by atoms with Gasteiger partial charge in [0.25, 0.3) is 0 Å². The molecule has 2 nitrogen and oxygen atoms in total. The van der Waals surface area contributed by atoms with Gasteiger partial charge in [-0.2, -0.15) is 11.3 Å². The van der Waals surface area contributed by atoms with E-state index in [0.29, 0.717) is 0 Å². The lowest BCUT2D eigenvalue weighted by atomic mass is 9.92. The van der Waals surface area contributed by atoms with Gasteiger partial charge < -0.3 is 10.1 Å². The Morgan fingerprint density at radius 1 is 1.15 bits per heavy atom. The minimum atomic E-state index is 0.196. The average Bonchev–Trinajstić information content (AvgIpc) is 2.82. The van der Waals surface area contributed by atoms with Crippen LogP contribution in [-0.2, 0) is 0 Å². The lowest BCUT2D eigenvalue weighted by Gasteiger charge is -2.23. The van der Waals surface area contributed by atoms with Crippen LogP contribution in [0.15, 0.2) is 22.9 Å². The molecule has 2 aromatic rings. The van der Waals surface area contributed by atoms with Gasteiger partial charge in [0.05, 0.1) is 13.2 Å². The van der Waals surface area contributed by atoms with Crippen molar-refractivity contribution in [3.8, 4) is 5.75 Å². The molecule has 1 atom stereocenters. The van der Waals surface area contributed by atoms with Crippen LogP contribution in [0.2, 0.25) is 0 Å². The third-order valence-corrected chi connectivity index (χ3v) is 4.50. The first kappa shape index (κ1) is 15.1. The third kappa shape index (κ3) is 2.89. The van der Waals surface area contributed by atoms with E-state index in [-0.39, 0.29) is 6.04 Å². The highest BCUT2D eigenvalue weighted by Gasteiger charge is 2.22. The van der Waals surface area contributed by atoms with Crippen LogP contribution in [0.4, 0.5) is 0 Å². The second kappa shape index (κ2) is 6.42. The molecule has 1 N–H and O–H groups in total. The Morgan fingerprint density at radius 2 is 1.90 bits per heavy atom. The molecule has 3 heteroatoms. The molecule has 0 aliphatic rings. The molecular weight excluding hydrogens is 266 g/mol. The monoisotopic (exact) mass is 289 g/mol. The lowest BCUT2D eigenvalue weighted by molar-refractivity contribution is 0.403. The largest absolute Gasteiger partial charge is 0.496 e. The van der Waals surface area contributed by atoms with E-state index < -0.39 is 0 Å². The maximum Gasteiger partial charge on any atom is 0.124 e. The third-order valence-electron chi connectivity index (χ3n) is 3.62. The van der Waals surface area contributed by atoms with E-state index in [2.05, 4.69) is 55.9 Å². The van der Waals surface area contributed by atoms with Crippen molar-refractivity contribution in [3.63, 3.8) is 0 Å². The number of hydrogen-bond acceptors (Lipinski definition) is 3. The SMILES string of the molecule is CCNC(c1cscc1C)c1c(C)cc(C)cc1OC. The van der Waals surface area contributed by atoms with Crippen LogP contribution in [0.5, 0.6) is 5.75 Å². The van der Waals surface area contributed by atoms with Gasteiger partial charge in [0.1, 0.15) is 5.75 Å². The van der Waals surface area contributed by atoms with Gasteiger partial charge in [0, 0.05) is 5.56 Å². The van der Waals surface area contributed by atoms with Gasteiger partial charge >= 0.3 is 0 Å². The second-order valence-electron chi connectivity index (χ2n) is 5.20. The molecule has 1 aromatic heterocycles. The Morgan fingerprint density at radius 3 is 2.45 bits per heavy atom. The fourth-order valence-corrected chi connectivity index (χ4v) is 3.59. The van der Waals surface area contributed by atoms with E-state index >= 15 is 0 Å². The van der Waals surface area contributed by atoms with Crippen LogP contribution < -0.4 is 10.1 Å². The molecule has 1 aromatic carbocycles. The molecule has 2 rings (SSSR count). The maximum absolute atomic E-state index is 5.64. The standard InChI is InChI=1S/C17H23NOS/c1-6-18-17(14-10-20-9-13(14)4)16-12(3)7-11(2)8-15(16)19-5/h7-10,17-18H,6H2,1-5H3. The number of methoxy groups -OCH3 is 1. The van der Waals surface area contributed by atoms with Crippen LogP contribution in [-0.4, -0.2) is 13.7 Å². The number of ether oxygens (including phenoxy) is 1. The Labute approximate surface area is 125 Å². The smallest absolute Gasteiger partial charge is 0.124 e. The molecule has 0 fully saturated rings. The van der Waals surface area contributed by atoms with Crippen molar-refractivity contribution in [1.29, 1.82) is 0 Å². The summed E-state index contributed by atoms with van der Waals surface area (Å²) in [6.45, 7) is 9.52. The molecule has 0 bridgehead atoms. The summed E-state index contributed by atoms with van der Waals surface area (Å²) in [4.78, 5) is 0. The van der Waals surface area contributed by atoms with E-state index in [9.17, 15) is 0 Å². The molecule has 0 saturated heterocycles. The summed E-state index contributed by atoms with van der Waals surface area (Å²) in [5, 5.41) is 8.05. The van der Waals surface area contributed by atoms with Crippen molar-refractivity contribution in [3.05, 3.63) is 50.7 Å². The molecule has 0 aliphatic heterocycles. The van der Waals surface area contributed by atoms with E-state index in [1.54, 1.807) is 18.4 Å². The summed E-state index contributed by atoms with van der Waals surface area (Å²) in [5.74, 6) is 0.971. The first-order valence-electron chi connectivity index (χ1n) is 6.99. The van der Waals surface area contributed by atoms with Gasteiger partial charge in [-0.15, -0.1) is 0 Å². The van der Waals surface area contributed by atoms with Gasteiger partial charge in [-0.1, -0.05) is 13.0 Å². The van der Waals surface area contributed by atoms with Crippen molar-refractivity contribution in [2.45, 2.75) is 33.7 Å². The van der Waals surface area contributed by atoms with Gasteiger partial charge in [-0.3, -0.25) is 0 Å². The molecular formula is C17H23NOS. The fraction of sp³-hybridized carbons (Fsp3) is 0.412.